The SMILES string of the molecule is CCC(N)CCN1CC(C)OC(C)(C)C1. The van der Waals surface area contributed by atoms with E-state index in [0.717, 1.165) is 32.5 Å². The zero-order chi connectivity index (χ0) is 11.5. The summed E-state index contributed by atoms with van der Waals surface area (Å²) in [5.74, 6) is 0. The van der Waals surface area contributed by atoms with E-state index in [2.05, 4.69) is 32.6 Å². The maximum absolute atomic E-state index is 5.93. The second kappa shape index (κ2) is 5.28. The van der Waals surface area contributed by atoms with Crippen LogP contribution in [0.15, 0.2) is 0 Å². The number of ether oxygens (including phenoxy) is 1. The predicted octanol–water partition coefficient (Wildman–Crippen LogP) is 1.61. The summed E-state index contributed by atoms with van der Waals surface area (Å²) in [6.07, 6.45) is 2.51. The van der Waals surface area contributed by atoms with Gasteiger partial charge in [-0.1, -0.05) is 6.92 Å². The average molecular weight is 214 g/mol. The van der Waals surface area contributed by atoms with E-state index < -0.39 is 0 Å². The molecule has 0 bridgehead atoms. The highest BCUT2D eigenvalue weighted by Gasteiger charge is 2.30. The number of hydrogen-bond donors (Lipinski definition) is 1. The average Bonchev–Trinajstić information content (AvgIpc) is 2.11. The van der Waals surface area contributed by atoms with Gasteiger partial charge in [-0.15, -0.1) is 0 Å². The highest BCUT2D eigenvalue weighted by atomic mass is 16.5. The van der Waals surface area contributed by atoms with E-state index >= 15 is 0 Å². The quantitative estimate of drug-likeness (QED) is 0.773. The minimum absolute atomic E-state index is 0.00598. The molecule has 1 aliphatic heterocycles. The molecule has 0 amide bonds. The third-order valence-corrected chi connectivity index (χ3v) is 2.98. The van der Waals surface area contributed by atoms with Gasteiger partial charge in [0.05, 0.1) is 11.7 Å². The normalized spacial score (nSPS) is 29.0. The Hall–Kier alpha value is -0.120. The van der Waals surface area contributed by atoms with Crippen LogP contribution in [0.25, 0.3) is 0 Å². The van der Waals surface area contributed by atoms with Gasteiger partial charge in [-0.05, 0) is 40.2 Å². The van der Waals surface area contributed by atoms with Crippen LogP contribution in [-0.2, 0) is 4.74 Å². The van der Waals surface area contributed by atoms with Crippen molar-refractivity contribution in [2.24, 2.45) is 5.73 Å². The van der Waals surface area contributed by atoms with Crippen LogP contribution >= 0.6 is 0 Å². The largest absolute Gasteiger partial charge is 0.370 e. The summed E-state index contributed by atoms with van der Waals surface area (Å²) in [5.41, 5.74) is 5.93. The first-order valence-electron chi connectivity index (χ1n) is 6.08. The highest BCUT2D eigenvalue weighted by molar-refractivity contribution is 4.82. The summed E-state index contributed by atoms with van der Waals surface area (Å²) in [4.78, 5) is 2.48. The fraction of sp³-hybridized carbons (Fsp3) is 1.00. The Bertz CT molecular complexity index is 194. The first-order chi connectivity index (χ1) is 6.93. The molecule has 0 saturated carbocycles. The van der Waals surface area contributed by atoms with Crippen LogP contribution in [0.2, 0.25) is 0 Å². The number of morpholine rings is 1. The lowest BCUT2D eigenvalue weighted by Crippen LogP contribution is -2.52. The van der Waals surface area contributed by atoms with Crippen molar-refractivity contribution >= 4 is 0 Å². The molecule has 3 heteroatoms. The van der Waals surface area contributed by atoms with Crippen molar-refractivity contribution in [1.82, 2.24) is 4.90 Å². The number of rotatable bonds is 4. The molecule has 15 heavy (non-hydrogen) atoms. The Balaban J connectivity index is 2.35. The molecule has 1 heterocycles. The summed E-state index contributed by atoms with van der Waals surface area (Å²) in [6.45, 7) is 11.8. The molecule has 2 atom stereocenters. The van der Waals surface area contributed by atoms with E-state index in [0.29, 0.717) is 12.1 Å². The summed E-state index contributed by atoms with van der Waals surface area (Å²) in [5, 5.41) is 0. The monoisotopic (exact) mass is 214 g/mol. The van der Waals surface area contributed by atoms with Crippen molar-refractivity contribution in [2.75, 3.05) is 19.6 Å². The lowest BCUT2D eigenvalue weighted by molar-refractivity contribution is -0.128. The van der Waals surface area contributed by atoms with Crippen LogP contribution in [0.4, 0.5) is 0 Å². The molecule has 0 radical (unpaired) electrons. The number of nitrogens with two attached hydrogens (primary N) is 1. The third kappa shape index (κ3) is 4.49. The van der Waals surface area contributed by atoms with Crippen LogP contribution in [0, 0.1) is 0 Å². The maximum atomic E-state index is 5.93. The first-order valence-corrected chi connectivity index (χ1v) is 6.08. The van der Waals surface area contributed by atoms with E-state index in [1.807, 2.05) is 0 Å². The van der Waals surface area contributed by atoms with Gasteiger partial charge in [0.1, 0.15) is 0 Å². The van der Waals surface area contributed by atoms with Crippen molar-refractivity contribution in [2.45, 2.75) is 58.3 Å². The van der Waals surface area contributed by atoms with Crippen molar-refractivity contribution in [3.8, 4) is 0 Å². The number of nitrogens with zero attached hydrogens (tertiary/aromatic N) is 1. The molecule has 2 N–H and O–H groups in total. The summed E-state index contributed by atoms with van der Waals surface area (Å²) in [7, 11) is 0. The Morgan fingerprint density at radius 1 is 1.53 bits per heavy atom. The minimum atomic E-state index is -0.00598. The van der Waals surface area contributed by atoms with Gasteiger partial charge in [0, 0.05) is 19.1 Å². The van der Waals surface area contributed by atoms with E-state index in [1.54, 1.807) is 0 Å². The zero-order valence-corrected chi connectivity index (χ0v) is 10.6. The molecular formula is C12H26N2O. The van der Waals surface area contributed by atoms with E-state index in [1.165, 1.54) is 0 Å². The molecule has 0 aromatic rings. The van der Waals surface area contributed by atoms with Gasteiger partial charge >= 0.3 is 0 Å². The van der Waals surface area contributed by atoms with Crippen molar-refractivity contribution in [1.29, 1.82) is 0 Å². The van der Waals surface area contributed by atoms with Gasteiger partial charge in [-0.25, -0.2) is 0 Å². The maximum Gasteiger partial charge on any atom is 0.0757 e. The number of hydrogen-bond acceptors (Lipinski definition) is 3. The fourth-order valence-electron chi connectivity index (χ4n) is 2.31. The van der Waals surface area contributed by atoms with Crippen LogP contribution in [0.5, 0.6) is 0 Å². The molecule has 1 rings (SSSR count). The Kier molecular flexibility index (Phi) is 4.56. The highest BCUT2D eigenvalue weighted by Crippen LogP contribution is 2.20. The zero-order valence-electron chi connectivity index (χ0n) is 10.6. The van der Waals surface area contributed by atoms with E-state index in [9.17, 15) is 0 Å². The summed E-state index contributed by atoms with van der Waals surface area (Å²) in [6, 6.07) is 0.353. The summed E-state index contributed by atoms with van der Waals surface area (Å²) >= 11 is 0. The molecule has 1 saturated heterocycles. The van der Waals surface area contributed by atoms with Gasteiger partial charge in [-0.3, -0.25) is 4.90 Å². The van der Waals surface area contributed by atoms with Gasteiger partial charge in [0.2, 0.25) is 0 Å². The standard InChI is InChI=1S/C12H26N2O/c1-5-11(13)6-7-14-8-10(2)15-12(3,4)9-14/h10-11H,5-9,13H2,1-4H3. The second-order valence-corrected chi connectivity index (χ2v) is 5.38. The topological polar surface area (TPSA) is 38.5 Å². The lowest BCUT2D eigenvalue weighted by Gasteiger charge is -2.42. The van der Waals surface area contributed by atoms with Crippen LogP contribution in [-0.4, -0.2) is 42.3 Å². The Morgan fingerprint density at radius 2 is 2.20 bits per heavy atom. The van der Waals surface area contributed by atoms with Gasteiger partial charge in [0.25, 0.3) is 0 Å². The molecule has 1 aliphatic rings. The van der Waals surface area contributed by atoms with Crippen molar-refractivity contribution in [3.05, 3.63) is 0 Å². The van der Waals surface area contributed by atoms with Crippen molar-refractivity contribution in [3.63, 3.8) is 0 Å². The Morgan fingerprint density at radius 3 is 2.73 bits per heavy atom. The van der Waals surface area contributed by atoms with Gasteiger partial charge in [-0.2, -0.15) is 0 Å². The molecule has 0 aromatic carbocycles. The Labute approximate surface area is 94.0 Å². The summed E-state index contributed by atoms with van der Waals surface area (Å²) < 4.78 is 5.86. The van der Waals surface area contributed by atoms with E-state index in [-0.39, 0.29) is 5.60 Å². The molecule has 0 aromatic heterocycles. The predicted molar refractivity (Wildman–Crippen MR) is 63.9 cm³/mol. The van der Waals surface area contributed by atoms with E-state index in [4.69, 9.17) is 10.5 Å². The second-order valence-electron chi connectivity index (χ2n) is 5.38. The molecule has 0 spiro atoms. The third-order valence-electron chi connectivity index (χ3n) is 2.98. The van der Waals surface area contributed by atoms with Crippen LogP contribution in [0.3, 0.4) is 0 Å². The van der Waals surface area contributed by atoms with Crippen LogP contribution < -0.4 is 5.73 Å². The molecule has 1 fully saturated rings. The molecule has 90 valence electrons. The van der Waals surface area contributed by atoms with Crippen LogP contribution in [0.1, 0.15) is 40.5 Å². The lowest BCUT2D eigenvalue weighted by atomic mass is 10.0. The smallest absolute Gasteiger partial charge is 0.0757 e. The van der Waals surface area contributed by atoms with Crippen molar-refractivity contribution < 1.29 is 4.74 Å². The first kappa shape index (κ1) is 12.9. The van der Waals surface area contributed by atoms with Gasteiger partial charge < -0.3 is 10.5 Å². The molecule has 3 nitrogen and oxygen atoms in total. The molecular weight excluding hydrogens is 188 g/mol. The molecule has 0 aliphatic carbocycles. The van der Waals surface area contributed by atoms with Gasteiger partial charge in [0.15, 0.2) is 0 Å². The minimum Gasteiger partial charge on any atom is -0.370 e. The fourth-order valence-corrected chi connectivity index (χ4v) is 2.31. The molecule has 2 unspecified atom stereocenters.